The SMILES string of the molecule is CCNC(C)c1nc2ccc(Cl)c(C)c2n1C. The first-order chi connectivity index (χ1) is 8.06. The standard InChI is InChI=1S/C13H18ClN3/c1-5-15-9(3)13-16-11-7-6-10(14)8(2)12(11)17(13)4/h6-7,9,15H,5H2,1-4H3. The van der Waals surface area contributed by atoms with Crippen LogP contribution in [0.25, 0.3) is 11.0 Å². The summed E-state index contributed by atoms with van der Waals surface area (Å²) in [6.45, 7) is 7.20. The van der Waals surface area contributed by atoms with Crippen LogP contribution >= 0.6 is 11.6 Å². The van der Waals surface area contributed by atoms with Crippen LogP contribution in [-0.4, -0.2) is 16.1 Å². The Morgan fingerprint density at radius 1 is 1.47 bits per heavy atom. The second-order valence-electron chi connectivity index (χ2n) is 4.35. The van der Waals surface area contributed by atoms with E-state index in [1.54, 1.807) is 0 Å². The van der Waals surface area contributed by atoms with Crippen molar-refractivity contribution in [3.63, 3.8) is 0 Å². The average molecular weight is 252 g/mol. The molecule has 0 bridgehead atoms. The minimum absolute atomic E-state index is 0.246. The zero-order valence-electron chi connectivity index (χ0n) is 10.7. The van der Waals surface area contributed by atoms with Gasteiger partial charge in [-0.05, 0) is 38.1 Å². The van der Waals surface area contributed by atoms with E-state index in [1.807, 2.05) is 26.1 Å². The Morgan fingerprint density at radius 2 is 2.18 bits per heavy atom. The van der Waals surface area contributed by atoms with Crippen molar-refractivity contribution in [3.8, 4) is 0 Å². The molecular weight excluding hydrogens is 234 g/mol. The van der Waals surface area contributed by atoms with Gasteiger partial charge >= 0.3 is 0 Å². The van der Waals surface area contributed by atoms with Crippen LogP contribution in [0.5, 0.6) is 0 Å². The van der Waals surface area contributed by atoms with Crippen LogP contribution in [0.1, 0.15) is 31.3 Å². The first kappa shape index (κ1) is 12.4. The van der Waals surface area contributed by atoms with Crippen LogP contribution in [-0.2, 0) is 7.05 Å². The molecule has 2 rings (SSSR count). The van der Waals surface area contributed by atoms with Crippen molar-refractivity contribution in [2.45, 2.75) is 26.8 Å². The van der Waals surface area contributed by atoms with E-state index in [4.69, 9.17) is 11.6 Å². The lowest BCUT2D eigenvalue weighted by atomic mass is 10.2. The van der Waals surface area contributed by atoms with Crippen molar-refractivity contribution in [3.05, 3.63) is 28.5 Å². The second kappa shape index (κ2) is 4.67. The molecule has 0 radical (unpaired) electrons. The molecule has 1 N–H and O–H groups in total. The Bertz CT molecular complexity index is 545. The van der Waals surface area contributed by atoms with Gasteiger partial charge in [-0.15, -0.1) is 0 Å². The Hall–Kier alpha value is -1.06. The maximum Gasteiger partial charge on any atom is 0.126 e. The summed E-state index contributed by atoms with van der Waals surface area (Å²) < 4.78 is 2.13. The normalized spacial score (nSPS) is 13.2. The predicted molar refractivity (Wildman–Crippen MR) is 72.6 cm³/mol. The number of hydrogen-bond donors (Lipinski definition) is 1. The Morgan fingerprint density at radius 3 is 2.82 bits per heavy atom. The zero-order valence-corrected chi connectivity index (χ0v) is 11.5. The van der Waals surface area contributed by atoms with Crippen LogP contribution in [0.3, 0.4) is 0 Å². The topological polar surface area (TPSA) is 29.9 Å². The van der Waals surface area contributed by atoms with E-state index in [-0.39, 0.29) is 6.04 Å². The van der Waals surface area contributed by atoms with Gasteiger partial charge in [-0.3, -0.25) is 0 Å². The molecule has 0 amide bonds. The first-order valence-corrected chi connectivity index (χ1v) is 6.28. The number of halogens is 1. The summed E-state index contributed by atoms with van der Waals surface area (Å²) in [5.74, 6) is 1.05. The molecule has 1 unspecified atom stereocenters. The van der Waals surface area contributed by atoms with Gasteiger partial charge in [0.2, 0.25) is 0 Å². The van der Waals surface area contributed by atoms with Gasteiger partial charge in [-0.1, -0.05) is 18.5 Å². The van der Waals surface area contributed by atoms with Gasteiger partial charge in [-0.25, -0.2) is 4.98 Å². The lowest BCUT2D eigenvalue weighted by molar-refractivity contribution is 0.551. The highest BCUT2D eigenvalue weighted by Gasteiger charge is 2.15. The van der Waals surface area contributed by atoms with Crippen molar-refractivity contribution < 1.29 is 0 Å². The summed E-state index contributed by atoms with van der Waals surface area (Å²) in [6.07, 6.45) is 0. The van der Waals surface area contributed by atoms with E-state index >= 15 is 0 Å². The van der Waals surface area contributed by atoms with Gasteiger partial charge in [0.15, 0.2) is 0 Å². The Balaban J connectivity index is 2.61. The molecule has 17 heavy (non-hydrogen) atoms. The van der Waals surface area contributed by atoms with E-state index in [0.29, 0.717) is 0 Å². The quantitative estimate of drug-likeness (QED) is 0.908. The number of fused-ring (bicyclic) bond motifs is 1. The predicted octanol–water partition coefficient (Wildman–Crippen LogP) is 3.21. The monoisotopic (exact) mass is 251 g/mol. The van der Waals surface area contributed by atoms with Crippen LogP contribution < -0.4 is 5.32 Å². The summed E-state index contributed by atoms with van der Waals surface area (Å²) >= 11 is 6.15. The summed E-state index contributed by atoms with van der Waals surface area (Å²) in [7, 11) is 2.04. The van der Waals surface area contributed by atoms with Gasteiger partial charge < -0.3 is 9.88 Å². The van der Waals surface area contributed by atoms with E-state index in [9.17, 15) is 0 Å². The molecule has 0 aliphatic heterocycles. The molecule has 1 heterocycles. The van der Waals surface area contributed by atoms with Crippen molar-refractivity contribution in [2.24, 2.45) is 7.05 Å². The van der Waals surface area contributed by atoms with Crippen LogP contribution in [0.15, 0.2) is 12.1 Å². The number of hydrogen-bond acceptors (Lipinski definition) is 2. The highest BCUT2D eigenvalue weighted by atomic mass is 35.5. The maximum atomic E-state index is 6.15. The van der Waals surface area contributed by atoms with Gasteiger partial charge in [0, 0.05) is 12.1 Å². The molecule has 1 aromatic heterocycles. The second-order valence-corrected chi connectivity index (χ2v) is 4.76. The molecule has 3 nitrogen and oxygen atoms in total. The summed E-state index contributed by atoms with van der Waals surface area (Å²) in [4.78, 5) is 4.67. The number of nitrogens with zero attached hydrogens (tertiary/aromatic N) is 2. The highest BCUT2D eigenvalue weighted by Crippen LogP contribution is 2.27. The van der Waals surface area contributed by atoms with Crippen LogP contribution in [0, 0.1) is 6.92 Å². The Kier molecular flexibility index (Phi) is 3.40. The van der Waals surface area contributed by atoms with E-state index < -0.39 is 0 Å². The molecule has 2 aromatic rings. The summed E-state index contributed by atoms with van der Waals surface area (Å²) in [5.41, 5.74) is 3.22. The summed E-state index contributed by atoms with van der Waals surface area (Å²) in [5, 5.41) is 4.18. The molecule has 0 spiro atoms. The molecule has 0 fully saturated rings. The van der Waals surface area contributed by atoms with Crippen LogP contribution in [0.4, 0.5) is 0 Å². The third-order valence-corrected chi connectivity index (χ3v) is 3.56. The zero-order chi connectivity index (χ0) is 12.6. The fourth-order valence-electron chi connectivity index (χ4n) is 2.27. The first-order valence-electron chi connectivity index (χ1n) is 5.91. The fraction of sp³-hybridized carbons (Fsp3) is 0.462. The number of aryl methyl sites for hydroxylation is 2. The number of nitrogens with one attached hydrogen (secondary N) is 1. The summed E-state index contributed by atoms with van der Waals surface area (Å²) in [6, 6.07) is 4.14. The smallest absolute Gasteiger partial charge is 0.126 e. The molecule has 1 atom stereocenters. The minimum Gasteiger partial charge on any atom is -0.330 e. The van der Waals surface area contributed by atoms with E-state index in [2.05, 4.69) is 28.7 Å². The molecule has 4 heteroatoms. The van der Waals surface area contributed by atoms with Crippen molar-refractivity contribution in [2.75, 3.05) is 6.54 Å². The number of benzene rings is 1. The van der Waals surface area contributed by atoms with Gasteiger partial charge in [0.25, 0.3) is 0 Å². The minimum atomic E-state index is 0.246. The average Bonchev–Trinajstić information content (AvgIpc) is 2.62. The van der Waals surface area contributed by atoms with Gasteiger partial charge in [0.05, 0.1) is 17.1 Å². The van der Waals surface area contributed by atoms with E-state index in [0.717, 1.165) is 34.0 Å². The molecule has 0 aliphatic carbocycles. The Labute approximate surface area is 107 Å². The van der Waals surface area contributed by atoms with Crippen LogP contribution in [0.2, 0.25) is 5.02 Å². The molecule has 1 aromatic carbocycles. The molecule has 92 valence electrons. The molecule has 0 aliphatic rings. The van der Waals surface area contributed by atoms with Crippen molar-refractivity contribution in [1.29, 1.82) is 0 Å². The third kappa shape index (κ3) is 2.05. The van der Waals surface area contributed by atoms with Crippen molar-refractivity contribution in [1.82, 2.24) is 14.9 Å². The van der Waals surface area contributed by atoms with Gasteiger partial charge in [0.1, 0.15) is 5.82 Å². The highest BCUT2D eigenvalue weighted by molar-refractivity contribution is 6.32. The lowest BCUT2D eigenvalue weighted by Gasteiger charge is -2.12. The maximum absolute atomic E-state index is 6.15. The lowest BCUT2D eigenvalue weighted by Crippen LogP contribution is -2.20. The van der Waals surface area contributed by atoms with E-state index in [1.165, 1.54) is 0 Å². The largest absolute Gasteiger partial charge is 0.330 e. The molecule has 0 saturated heterocycles. The molecular formula is C13H18ClN3. The number of aromatic nitrogens is 2. The fourth-order valence-corrected chi connectivity index (χ4v) is 2.43. The number of rotatable bonds is 3. The third-order valence-electron chi connectivity index (χ3n) is 3.16. The molecule has 0 saturated carbocycles. The number of imidazole rings is 1. The van der Waals surface area contributed by atoms with Crippen molar-refractivity contribution >= 4 is 22.6 Å². The van der Waals surface area contributed by atoms with Gasteiger partial charge in [-0.2, -0.15) is 0 Å².